The van der Waals surface area contributed by atoms with Crippen molar-refractivity contribution in [1.82, 2.24) is 14.8 Å². The summed E-state index contributed by atoms with van der Waals surface area (Å²) < 4.78 is 27.9. The molecule has 1 aromatic heterocycles. The Morgan fingerprint density at radius 1 is 1.06 bits per heavy atom. The Balaban J connectivity index is 1.26. The van der Waals surface area contributed by atoms with Crippen LogP contribution in [0.2, 0.25) is 0 Å². The number of hydrogen-bond acceptors (Lipinski definition) is 5. The van der Waals surface area contributed by atoms with Crippen LogP contribution in [0.15, 0.2) is 54.0 Å². The highest BCUT2D eigenvalue weighted by molar-refractivity contribution is 7.11. The van der Waals surface area contributed by atoms with Gasteiger partial charge in [-0.3, -0.25) is 14.5 Å². The standard InChI is InChI=1S/C24H22F2N4O2S/c25-20-6-2-5-19(22(20)26)16-3-1-4-17(13-16)30-15-18(14-21(30)31)28-8-10-29(11-9-28)24(32)23-27-7-12-33-23/h1-7,12-13,18H,8-11,14-15H2. The molecule has 1 atom stereocenters. The van der Waals surface area contributed by atoms with Crippen LogP contribution in [0.1, 0.15) is 16.2 Å². The number of anilines is 1. The summed E-state index contributed by atoms with van der Waals surface area (Å²) in [6.07, 6.45) is 2.02. The monoisotopic (exact) mass is 468 g/mol. The van der Waals surface area contributed by atoms with E-state index in [1.54, 1.807) is 39.6 Å². The van der Waals surface area contributed by atoms with Crippen LogP contribution in [0.5, 0.6) is 0 Å². The lowest BCUT2D eigenvalue weighted by atomic mass is 10.0. The Hall–Kier alpha value is -3.17. The number of benzene rings is 2. The van der Waals surface area contributed by atoms with Crippen molar-refractivity contribution in [3.05, 3.63) is 70.7 Å². The number of carbonyl (C=O) groups excluding carboxylic acids is 2. The molecule has 33 heavy (non-hydrogen) atoms. The molecule has 3 aromatic rings. The zero-order chi connectivity index (χ0) is 22.9. The molecule has 0 bridgehead atoms. The molecule has 2 aliphatic rings. The Labute approximate surface area is 194 Å². The molecule has 9 heteroatoms. The van der Waals surface area contributed by atoms with E-state index < -0.39 is 11.6 Å². The van der Waals surface area contributed by atoms with Crippen molar-refractivity contribution in [2.75, 3.05) is 37.6 Å². The third-order valence-corrected chi connectivity index (χ3v) is 7.02. The van der Waals surface area contributed by atoms with Gasteiger partial charge >= 0.3 is 0 Å². The van der Waals surface area contributed by atoms with Crippen molar-refractivity contribution in [2.45, 2.75) is 12.5 Å². The van der Waals surface area contributed by atoms with Crippen LogP contribution < -0.4 is 4.90 Å². The quantitative estimate of drug-likeness (QED) is 0.587. The lowest BCUT2D eigenvalue weighted by molar-refractivity contribution is -0.117. The van der Waals surface area contributed by atoms with E-state index in [4.69, 9.17) is 0 Å². The second-order valence-corrected chi connectivity index (χ2v) is 9.07. The van der Waals surface area contributed by atoms with Crippen molar-refractivity contribution in [3.63, 3.8) is 0 Å². The summed E-state index contributed by atoms with van der Waals surface area (Å²) in [6.45, 7) is 3.10. The van der Waals surface area contributed by atoms with Gasteiger partial charge in [0.1, 0.15) is 0 Å². The molecule has 0 aliphatic carbocycles. The smallest absolute Gasteiger partial charge is 0.282 e. The van der Waals surface area contributed by atoms with Gasteiger partial charge in [-0.05, 0) is 23.8 Å². The van der Waals surface area contributed by atoms with Gasteiger partial charge < -0.3 is 9.80 Å². The molecule has 2 saturated heterocycles. The maximum absolute atomic E-state index is 14.3. The molecule has 2 aliphatic heterocycles. The Morgan fingerprint density at radius 2 is 1.85 bits per heavy atom. The highest BCUT2D eigenvalue weighted by atomic mass is 32.1. The van der Waals surface area contributed by atoms with Crippen LogP contribution in [0.25, 0.3) is 11.1 Å². The minimum Gasteiger partial charge on any atom is -0.334 e. The van der Waals surface area contributed by atoms with E-state index in [0.29, 0.717) is 55.4 Å². The van der Waals surface area contributed by atoms with Gasteiger partial charge in [0, 0.05) is 68.0 Å². The minimum atomic E-state index is -0.900. The molecule has 0 N–H and O–H groups in total. The van der Waals surface area contributed by atoms with E-state index in [2.05, 4.69) is 9.88 Å². The lowest BCUT2D eigenvalue weighted by Gasteiger charge is -2.37. The molecule has 0 radical (unpaired) electrons. The summed E-state index contributed by atoms with van der Waals surface area (Å²) in [7, 11) is 0. The highest BCUT2D eigenvalue weighted by Gasteiger charge is 2.36. The minimum absolute atomic E-state index is 0.00171. The fraction of sp³-hybridized carbons (Fsp3) is 0.292. The topological polar surface area (TPSA) is 56.8 Å². The van der Waals surface area contributed by atoms with Gasteiger partial charge in [0.2, 0.25) is 5.91 Å². The van der Waals surface area contributed by atoms with E-state index in [9.17, 15) is 18.4 Å². The van der Waals surface area contributed by atoms with E-state index in [-0.39, 0.29) is 23.4 Å². The van der Waals surface area contributed by atoms with Gasteiger partial charge in [0.25, 0.3) is 5.91 Å². The number of rotatable bonds is 4. The molecular formula is C24H22F2N4O2S. The molecule has 2 amide bonds. The SMILES string of the molecule is O=C(c1nccs1)N1CCN(C2CC(=O)N(c3cccc(-c4cccc(F)c4F)c3)C2)CC1. The molecule has 0 spiro atoms. The maximum atomic E-state index is 14.3. The highest BCUT2D eigenvalue weighted by Crippen LogP contribution is 2.31. The second-order valence-electron chi connectivity index (χ2n) is 8.18. The van der Waals surface area contributed by atoms with E-state index >= 15 is 0 Å². The Kier molecular flexibility index (Phi) is 5.90. The van der Waals surface area contributed by atoms with Gasteiger partial charge in [0.15, 0.2) is 16.6 Å². The second kappa shape index (κ2) is 8.99. The van der Waals surface area contributed by atoms with Crippen LogP contribution in [0.3, 0.4) is 0 Å². The third kappa shape index (κ3) is 4.26. The third-order valence-electron chi connectivity index (χ3n) is 6.26. The first-order chi connectivity index (χ1) is 16.0. The molecule has 1 unspecified atom stereocenters. The van der Waals surface area contributed by atoms with E-state index in [1.165, 1.54) is 23.5 Å². The fourth-order valence-electron chi connectivity index (χ4n) is 4.51. The average molecular weight is 469 g/mol. The van der Waals surface area contributed by atoms with Gasteiger partial charge in [0.05, 0.1) is 0 Å². The summed E-state index contributed by atoms with van der Waals surface area (Å²) in [5, 5.41) is 2.29. The molecule has 2 aromatic carbocycles. The lowest BCUT2D eigenvalue weighted by Crippen LogP contribution is -2.52. The number of amides is 2. The first-order valence-corrected chi connectivity index (χ1v) is 11.7. The summed E-state index contributed by atoms with van der Waals surface area (Å²) in [5.41, 5.74) is 1.36. The summed E-state index contributed by atoms with van der Waals surface area (Å²) in [5.74, 6) is -1.85. The molecule has 2 fully saturated rings. The molecule has 170 valence electrons. The van der Waals surface area contributed by atoms with Crippen molar-refractivity contribution < 1.29 is 18.4 Å². The zero-order valence-corrected chi connectivity index (χ0v) is 18.6. The Morgan fingerprint density at radius 3 is 2.61 bits per heavy atom. The summed E-state index contributed by atoms with van der Waals surface area (Å²) in [4.78, 5) is 35.2. The first-order valence-electron chi connectivity index (χ1n) is 10.8. The Bertz CT molecular complexity index is 1180. The van der Waals surface area contributed by atoms with Gasteiger partial charge in [-0.2, -0.15) is 0 Å². The van der Waals surface area contributed by atoms with E-state index in [0.717, 1.165) is 6.07 Å². The number of piperazine rings is 1. The van der Waals surface area contributed by atoms with Gasteiger partial charge in [-0.25, -0.2) is 13.8 Å². The normalized spacial score (nSPS) is 19.3. The number of nitrogens with zero attached hydrogens (tertiary/aromatic N) is 4. The molecule has 5 rings (SSSR count). The van der Waals surface area contributed by atoms with Crippen molar-refractivity contribution >= 4 is 28.8 Å². The average Bonchev–Trinajstić information content (AvgIpc) is 3.51. The first kappa shape index (κ1) is 21.7. The number of carbonyl (C=O) groups is 2. The van der Waals surface area contributed by atoms with Crippen molar-refractivity contribution in [2.24, 2.45) is 0 Å². The van der Waals surface area contributed by atoms with Crippen molar-refractivity contribution in [3.8, 4) is 11.1 Å². The van der Waals surface area contributed by atoms with E-state index in [1.807, 2.05) is 6.07 Å². The van der Waals surface area contributed by atoms with Crippen LogP contribution >= 0.6 is 11.3 Å². The predicted molar refractivity (Wildman–Crippen MR) is 122 cm³/mol. The molecule has 0 saturated carbocycles. The van der Waals surface area contributed by atoms with Crippen LogP contribution in [-0.2, 0) is 4.79 Å². The number of halogens is 2. The molecular weight excluding hydrogens is 446 g/mol. The fourth-order valence-corrected chi connectivity index (χ4v) is 5.11. The number of aromatic nitrogens is 1. The number of thiazole rings is 1. The van der Waals surface area contributed by atoms with Gasteiger partial charge in [-0.15, -0.1) is 11.3 Å². The van der Waals surface area contributed by atoms with Crippen LogP contribution in [0, 0.1) is 11.6 Å². The molecule has 6 nitrogen and oxygen atoms in total. The van der Waals surface area contributed by atoms with Gasteiger partial charge in [-0.1, -0.05) is 24.3 Å². The maximum Gasteiger partial charge on any atom is 0.282 e. The molecule has 3 heterocycles. The summed E-state index contributed by atoms with van der Waals surface area (Å²) in [6, 6.07) is 11.1. The zero-order valence-electron chi connectivity index (χ0n) is 17.8. The van der Waals surface area contributed by atoms with Crippen LogP contribution in [-0.4, -0.2) is 65.4 Å². The largest absolute Gasteiger partial charge is 0.334 e. The summed E-state index contributed by atoms with van der Waals surface area (Å²) >= 11 is 1.34. The number of hydrogen-bond donors (Lipinski definition) is 0. The predicted octanol–water partition coefficient (Wildman–Crippen LogP) is 3.65. The van der Waals surface area contributed by atoms with Crippen LogP contribution in [0.4, 0.5) is 14.5 Å². The van der Waals surface area contributed by atoms with Crippen molar-refractivity contribution in [1.29, 1.82) is 0 Å².